The van der Waals surface area contributed by atoms with Crippen LogP contribution in [0.4, 0.5) is 0 Å². The van der Waals surface area contributed by atoms with E-state index in [0.717, 1.165) is 19.3 Å². The fourth-order valence-corrected chi connectivity index (χ4v) is 3.25. The van der Waals surface area contributed by atoms with E-state index < -0.39 is 12.0 Å². The summed E-state index contributed by atoms with van der Waals surface area (Å²) in [6, 6.07) is 1.94. The molecule has 0 aromatic carbocycles. The fraction of sp³-hybridized carbons (Fsp3) is 0.583. The average Bonchev–Trinajstić information content (AvgIpc) is 2.73. The number of hydrogen-bond donors (Lipinski definition) is 2. The zero-order valence-corrected chi connectivity index (χ0v) is 10.2. The Bertz CT molecular complexity index is 375. The highest BCUT2D eigenvalue weighted by Gasteiger charge is 2.25. The second-order valence-electron chi connectivity index (χ2n) is 4.21. The molecule has 2 unspecified atom stereocenters. The molecule has 1 aliphatic rings. The molecule has 2 rings (SSSR count). The molecule has 0 amide bonds. The van der Waals surface area contributed by atoms with Crippen LogP contribution < -0.4 is 5.32 Å². The van der Waals surface area contributed by atoms with Crippen molar-refractivity contribution >= 4 is 17.3 Å². The number of aliphatic carboxylic acids is 1. The standard InChI is InChI=1S/C12H17NO2S/c1-2-9(12(14)15)13-10-4-3-5-11-8(10)6-7-16-11/h6-7,9-10,13H,2-5H2,1H3,(H,14,15). The van der Waals surface area contributed by atoms with Crippen LogP contribution in [0.1, 0.15) is 42.7 Å². The van der Waals surface area contributed by atoms with Crippen LogP contribution in [0.3, 0.4) is 0 Å². The Morgan fingerprint density at radius 1 is 1.75 bits per heavy atom. The number of thiophene rings is 1. The topological polar surface area (TPSA) is 49.3 Å². The van der Waals surface area contributed by atoms with Gasteiger partial charge in [0, 0.05) is 10.9 Å². The Morgan fingerprint density at radius 2 is 2.56 bits per heavy atom. The minimum atomic E-state index is -0.746. The van der Waals surface area contributed by atoms with Gasteiger partial charge in [-0.1, -0.05) is 6.92 Å². The van der Waals surface area contributed by atoms with Gasteiger partial charge in [-0.15, -0.1) is 11.3 Å². The predicted octanol–water partition coefficient (Wildman–Crippen LogP) is 2.58. The minimum Gasteiger partial charge on any atom is -0.480 e. The zero-order chi connectivity index (χ0) is 11.5. The smallest absolute Gasteiger partial charge is 0.320 e. The summed E-state index contributed by atoms with van der Waals surface area (Å²) in [7, 11) is 0. The van der Waals surface area contributed by atoms with Gasteiger partial charge in [0.2, 0.25) is 0 Å². The first-order chi connectivity index (χ1) is 7.72. The van der Waals surface area contributed by atoms with Crippen LogP contribution in [0.15, 0.2) is 11.4 Å². The molecule has 88 valence electrons. The highest BCUT2D eigenvalue weighted by atomic mass is 32.1. The molecule has 2 atom stereocenters. The van der Waals surface area contributed by atoms with Crippen LogP contribution in [0.25, 0.3) is 0 Å². The first-order valence-corrected chi connectivity index (χ1v) is 6.65. The number of hydrogen-bond acceptors (Lipinski definition) is 3. The van der Waals surface area contributed by atoms with Crippen molar-refractivity contribution in [1.82, 2.24) is 5.32 Å². The molecule has 0 bridgehead atoms. The van der Waals surface area contributed by atoms with Crippen molar-refractivity contribution in [1.29, 1.82) is 0 Å². The van der Waals surface area contributed by atoms with Gasteiger partial charge in [0.1, 0.15) is 6.04 Å². The lowest BCUT2D eigenvalue weighted by Crippen LogP contribution is -2.39. The molecular weight excluding hydrogens is 222 g/mol. The Labute approximate surface area is 99.5 Å². The Hall–Kier alpha value is -0.870. The van der Waals surface area contributed by atoms with Gasteiger partial charge in [0.15, 0.2) is 0 Å². The van der Waals surface area contributed by atoms with Gasteiger partial charge in [0.25, 0.3) is 0 Å². The summed E-state index contributed by atoms with van der Waals surface area (Å²) in [5.74, 6) is -0.746. The molecule has 4 heteroatoms. The van der Waals surface area contributed by atoms with Gasteiger partial charge in [-0.25, -0.2) is 0 Å². The van der Waals surface area contributed by atoms with Crippen LogP contribution >= 0.6 is 11.3 Å². The Kier molecular flexibility index (Phi) is 3.61. The van der Waals surface area contributed by atoms with Crippen molar-refractivity contribution in [3.8, 4) is 0 Å². The molecule has 2 N–H and O–H groups in total. The van der Waals surface area contributed by atoms with Gasteiger partial charge >= 0.3 is 5.97 Å². The van der Waals surface area contributed by atoms with Crippen molar-refractivity contribution in [3.05, 3.63) is 21.9 Å². The molecule has 3 nitrogen and oxygen atoms in total. The highest BCUT2D eigenvalue weighted by Crippen LogP contribution is 2.33. The lowest BCUT2D eigenvalue weighted by Gasteiger charge is -2.26. The Morgan fingerprint density at radius 3 is 3.25 bits per heavy atom. The maximum Gasteiger partial charge on any atom is 0.320 e. The summed E-state index contributed by atoms with van der Waals surface area (Å²) in [6.45, 7) is 1.91. The monoisotopic (exact) mass is 239 g/mol. The van der Waals surface area contributed by atoms with E-state index in [1.54, 1.807) is 11.3 Å². The third-order valence-electron chi connectivity index (χ3n) is 3.16. The Balaban J connectivity index is 2.10. The van der Waals surface area contributed by atoms with E-state index in [0.29, 0.717) is 6.42 Å². The summed E-state index contributed by atoms with van der Waals surface area (Å²) in [5, 5.41) is 14.4. The number of nitrogens with one attached hydrogen (secondary N) is 1. The number of carboxylic acid groups (broad SMARTS) is 1. The summed E-state index contributed by atoms with van der Waals surface area (Å²) >= 11 is 1.78. The summed E-state index contributed by atoms with van der Waals surface area (Å²) in [5.41, 5.74) is 1.32. The van der Waals surface area contributed by atoms with E-state index in [1.165, 1.54) is 10.4 Å². The second kappa shape index (κ2) is 4.97. The normalized spacial score (nSPS) is 21.4. The minimum absolute atomic E-state index is 0.232. The summed E-state index contributed by atoms with van der Waals surface area (Å²) in [4.78, 5) is 12.4. The number of rotatable bonds is 4. The summed E-state index contributed by atoms with van der Waals surface area (Å²) < 4.78 is 0. The van der Waals surface area contributed by atoms with Crippen molar-refractivity contribution in [3.63, 3.8) is 0 Å². The van der Waals surface area contributed by atoms with Gasteiger partial charge in [-0.3, -0.25) is 10.1 Å². The molecule has 0 aliphatic heterocycles. The molecule has 1 aromatic heterocycles. The van der Waals surface area contributed by atoms with Gasteiger partial charge in [-0.2, -0.15) is 0 Å². The van der Waals surface area contributed by atoms with E-state index in [-0.39, 0.29) is 6.04 Å². The van der Waals surface area contributed by atoms with Gasteiger partial charge in [-0.05, 0) is 42.7 Å². The zero-order valence-electron chi connectivity index (χ0n) is 9.40. The quantitative estimate of drug-likeness (QED) is 0.849. The van der Waals surface area contributed by atoms with Crippen molar-refractivity contribution in [2.45, 2.75) is 44.7 Å². The first-order valence-electron chi connectivity index (χ1n) is 5.77. The molecule has 1 aliphatic carbocycles. The number of aryl methyl sites for hydroxylation is 1. The predicted molar refractivity (Wildman–Crippen MR) is 64.8 cm³/mol. The maximum atomic E-state index is 11.0. The average molecular weight is 239 g/mol. The van der Waals surface area contributed by atoms with Crippen LogP contribution in [0.2, 0.25) is 0 Å². The molecular formula is C12H17NO2S. The molecule has 1 aromatic rings. The second-order valence-corrected chi connectivity index (χ2v) is 5.21. The van der Waals surface area contributed by atoms with Crippen molar-refractivity contribution < 1.29 is 9.90 Å². The number of carbonyl (C=O) groups is 1. The van der Waals surface area contributed by atoms with Crippen LogP contribution in [0.5, 0.6) is 0 Å². The van der Waals surface area contributed by atoms with Crippen LogP contribution in [0, 0.1) is 0 Å². The first kappa shape index (κ1) is 11.6. The summed E-state index contributed by atoms with van der Waals surface area (Å²) in [6.07, 6.45) is 3.98. The van der Waals surface area contributed by atoms with Crippen molar-refractivity contribution in [2.24, 2.45) is 0 Å². The molecule has 0 saturated carbocycles. The lowest BCUT2D eigenvalue weighted by atomic mass is 9.93. The SMILES string of the molecule is CCC(NC1CCCc2sccc21)C(=O)O. The van der Waals surface area contributed by atoms with Crippen LogP contribution in [-0.4, -0.2) is 17.1 Å². The van der Waals surface area contributed by atoms with E-state index in [2.05, 4.69) is 16.8 Å². The lowest BCUT2D eigenvalue weighted by molar-refractivity contribution is -0.139. The third kappa shape index (κ3) is 2.28. The van der Waals surface area contributed by atoms with E-state index in [1.807, 2.05) is 6.92 Å². The van der Waals surface area contributed by atoms with Crippen molar-refractivity contribution in [2.75, 3.05) is 0 Å². The van der Waals surface area contributed by atoms with E-state index >= 15 is 0 Å². The molecule has 0 radical (unpaired) electrons. The number of fused-ring (bicyclic) bond motifs is 1. The molecule has 1 heterocycles. The molecule has 0 fully saturated rings. The van der Waals surface area contributed by atoms with Gasteiger partial charge < -0.3 is 5.11 Å². The van der Waals surface area contributed by atoms with Crippen LogP contribution in [-0.2, 0) is 11.2 Å². The van der Waals surface area contributed by atoms with E-state index in [9.17, 15) is 4.79 Å². The van der Waals surface area contributed by atoms with Gasteiger partial charge in [0.05, 0.1) is 0 Å². The van der Waals surface area contributed by atoms with E-state index in [4.69, 9.17) is 5.11 Å². The largest absolute Gasteiger partial charge is 0.480 e. The molecule has 0 spiro atoms. The maximum absolute atomic E-state index is 11.0. The fourth-order valence-electron chi connectivity index (χ4n) is 2.27. The number of carboxylic acids is 1. The highest BCUT2D eigenvalue weighted by molar-refractivity contribution is 7.10. The molecule has 16 heavy (non-hydrogen) atoms. The third-order valence-corrected chi connectivity index (χ3v) is 4.16. The molecule has 0 saturated heterocycles.